The quantitative estimate of drug-likeness (QED) is 0.400. The molecular weight excluding hydrogens is 414 g/mol. The molecule has 5 rings (SSSR count). The van der Waals surface area contributed by atoms with Crippen LogP contribution in [-0.4, -0.2) is 0 Å². The van der Waals surface area contributed by atoms with E-state index in [2.05, 4.69) is 42.8 Å². The maximum atomic E-state index is 4.93. The Morgan fingerprint density at radius 3 is 2.79 bits per heavy atom. The molecule has 1 saturated carbocycles. The van der Waals surface area contributed by atoms with E-state index >= 15 is 0 Å². The number of rotatable bonds is 0. The molecule has 4 aliphatic rings. The van der Waals surface area contributed by atoms with Gasteiger partial charge in [-0.3, -0.25) is 0 Å². The summed E-state index contributed by atoms with van der Waals surface area (Å²) in [6.45, 7) is 0. The monoisotopic (exact) mass is 433 g/mol. The summed E-state index contributed by atoms with van der Waals surface area (Å²) in [5.41, 5.74) is 9.71. The fourth-order valence-corrected chi connectivity index (χ4v) is 5.05. The van der Waals surface area contributed by atoms with Crippen LogP contribution in [0.5, 0.6) is 0 Å². The Kier molecular flexibility index (Phi) is 5.42. The Balaban J connectivity index is 0.000000455. The minimum atomic E-state index is -0.826. The molecule has 124 valence electrons. The van der Waals surface area contributed by atoms with E-state index in [1.807, 2.05) is 0 Å². The summed E-state index contributed by atoms with van der Waals surface area (Å²) in [4.78, 5) is 0. The Morgan fingerprint density at radius 1 is 1.08 bits per heavy atom. The molecule has 0 radical (unpaired) electrons. The van der Waals surface area contributed by atoms with Gasteiger partial charge < -0.3 is 0 Å². The molecule has 0 aromatic heterocycles. The van der Waals surface area contributed by atoms with Gasteiger partial charge in [-0.1, -0.05) is 66.0 Å². The topological polar surface area (TPSA) is 0 Å². The molecule has 0 amide bonds. The molecule has 0 N–H and O–H groups in total. The fourth-order valence-electron chi connectivity index (χ4n) is 5.05. The first kappa shape index (κ1) is 17.2. The summed E-state index contributed by atoms with van der Waals surface area (Å²) in [6, 6.07) is 9.07. The Bertz CT molecular complexity index is 729. The van der Waals surface area contributed by atoms with Crippen LogP contribution in [0.15, 0.2) is 53.1 Å². The van der Waals surface area contributed by atoms with Crippen LogP contribution in [0.4, 0.5) is 0 Å². The van der Waals surface area contributed by atoms with Crippen LogP contribution < -0.4 is 0 Å². The summed E-state index contributed by atoms with van der Waals surface area (Å²) in [6.07, 6.45) is 15.3. The molecule has 0 spiro atoms. The van der Waals surface area contributed by atoms with Gasteiger partial charge in [-0.15, -0.1) is 6.42 Å². The van der Waals surface area contributed by atoms with Gasteiger partial charge in [-0.2, -0.15) is 5.57 Å². The normalized spacial score (nSPS) is 26.4. The molecule has 1 aromatic carbocycles. The van der Waals surface area contributed by atoms with E-state index in [4.69, 9.17) is 17.0 Å². The van der Waals surface area contributed by atoms with Crippen LogP contribution >= 0.6 is 17.0 Å². The van der Waals surface area contributed by atoms with Gasteiger partial charge >= 0.3 is 37.9 Å². The zero-order chi connectivity index (χ0) is 16.5. The first-order valence-corrected chi connectivity index (χ1v) is 15.2. The van der Waals surface area contributed by atoms with Crippen molar-refractivity contribution < 1.29 is 20.8 Å². The van der Waals surface area contributed by atoms with Crippen LogP contribution in [-0.2, 0) is 27.3 Å². The molecule has 0 bridgehead atoms. The summed E-state index contributed by atoms with van der Waals surface area (Å²) in [5, 5.41) is 0. The molecule has 1 fully saturated rings. The first-order valence-electron chi connectivity index (χ1n) is 8.87. The number of hydrogen-bond donors (Lipinski definition) is 0. The Morgan fingerprint density at radius 2 is 1.92 bits per heavy atom. The number of benzene rings is 1. The third-order valence-corrected chi connectivity index (χ3v) is 5.90. The van der Waals surface area contributed by atoms with Crippen molar-refractivity contribution in [3.8, 4) is 0 Å². The summed E-state index contributed by atoms with van der Waals surface area (Å²) in [7, 11) is 9.87. The van der Waals surface area contributed by atoms with Gasteiger partial charge in [-0.25, -0.2) is 12.0 Å². The average Bonchev–Trinajstić information content (AvgIpc) is 3.03. The van der Waals surface area contributed by atoms with Crippen LogP contribution in [0.25, 0.3) is 5.57 Å². The van der Waals surface area contributed by atoms with Gasteiger partial charge in [0, 0.05) is 0 Å². The Hall–Kier alpha value is -0.227. The van der Waals surface area contributed by atoms with E-state index in [1.54, 1.807) is 27.9 Å². The second kappa shape index (κ2) is 7.57. The molecule has 1 aromatic rings. The van der Waals surface area contributed by atoms with Crippen molar-refractivity contribution in [1.29, 1.82) is 0 Å². The maximum absolute atomic E-state index is 4.93. The van der Waals surface area contributed by atoms with Crippen LogP contribution in [0.1, 0.15) is 43.2 Å². The number of allylic oxidation sites excluding steroid dienone is 6. The second-order valence-electron chi connectivity index (χ2n) is 7.00. The van der Waals surface area contributed by atoms with Crippen LogP contribution in [0.2, 0.25) is 0 Å². The van der Waals surface area contributed by atoms with Crippen molar-refractivity contribution in [3.05, 3.63) is 70.7 Å². The van der Waals surface area contributed by atoms with Crippen molar-refractivity contribution in [2.24, 2.45) is 11.8 Å². The fraction of sp³-hybridized carbons (Fsp3) is 0.381. The van der Waals surface area contributed by atoms with E-state index in [0.29, 0.717) is 0 Å². The SMILES string of the molecule is C1=CC2=C3C(=C4[CH-]CCCC4C2CC1)Cc1ccccc13.[Cl][Zr][Cl]. The van der Waals surface area contributed by atoms with Gasteiger partial charge in [0.2, 0.25) is 0 Å². The van der Waals surface area contributed by atoms with Gasteiger partial charge in [0.1, 0.15) is 0 Å². The van der Waals surface area contributed by atoms with Gasteiger partial charge in [-0.05, 0) is 36.7 Å². The van der Waals surface area contributed by atoms with E-state index in [0.717, 1.165) is 18.3 Å². The van der Waals surface area contributed by atoms with Gasteiger partial charge in [0.25, 0.3) is 0 Å². The second-order valence-corrected chi connectivity index (χ2v) is 10.7. The van der Waals surface area contributed by atoms with E-state index in [-0.39, 0.29) is 0 Å². The van der Waals surface area contributed by atoms with Crippen LogP contribution in [0, 0.1) is 18.3 Å². The molecular formula is C21H21Cl2Zr-. The van der Waals surface area contributed by atoms with Crippen molar-refractivity contribution in [1.82, 2.24) is 0 Å². The van der Waals surface area contributed by atoms with Crippen molar-refractivity contribution >= 4 is 22.6 Å². The molecule has 2 atom stereocenters. The summed E-state index contributed by atoms with van der Waals surface area (Å²) < 4.78 is 0. The minimum absolute atomic E-state index is 0.784. The predicted octanol–water partition coefficient (Wildman–Crippen LogP) is 6.65. The predicted molar refractivity (Wildman–Crippen MR) is 99.3 cm³/mol. The summed E-state index contributed by atoms with van der Waals surface area (Å²) in [5.74, 6) is 1.60. The zero-order valence-corrected chi connectivity index (χ0v) is 17.7. The number of fused-ring (bicyclic) bond motifs is 6. The molecule has 0 heterocycles. The Labute approximate surface area is 163 Å². The third-order valence-electron chi connectivity index (χ3n) is 5.90. The van der Waals surface area contributed by atoms with E-state index in [1.165, 1.54) is 37.7 Å². The number of hydrogen-bond acceptors (Lipinski definition) is 0. The van der Waals surface area contributed by atoms with Crippen molar-refractivity contribution in [3.63, 3.8) is 0 Å². The van der Waals surface area contributed by atoms with E-state index in [9.17, 15) is 0 Å². The van der Waals surface area contributed by atoms with Crippen LogP contribution in [0.3, 0.4) is 0 Å². The molecule has 0 nitrogen and oxygen atoms in total. The third kappa shape index (κ3) is 2.91. The molecule has 2 unspecified atom stereocenters. The molecule has 24 heavy (non-hydrogen) atoms. The molecule has 0 saturated heterocycles. The van der Waals surface area contributed by atoms with Gasteiger partial charge in [0.15, 0.2) is 0 Å². The van der Waals surface area contributed by atoms with E-state index < -0.39 is 20.8 Å². The van der Waals surface area contributed by atoms with Crippen molar-refractivity contribution in [2.75, 3.05) is 0 Å². The number of halogens is 2. The van der Waals surface area contributed by atoms with Gasteiger partial charge in [0.05, 0.1) is 0 Å². The molecule has 0 aliphatic heterocycles. The molecule has 4 aliphatic carbocycles. The standard InChI is InChI=1S/C21H21.2ClH.Zr/c1-2-8-15-14(7-1)13-20-18-11-4-3-9-16(18)17-10-5-6-12-19(17)21(15)20;;;/h1-2,6-8,11-12,16-17H,3-5,9-10,13H2;2*1H;/q-1;;;+2/p-2. The summed E-state index contributed by atoms with van der Waals surface area (Å²) >= 11 is -0.826. The average molecular weight is 436 g/mol. The first-order chi connectivity index (χ1) is 11.8. The molecule has 3 heteroatoms. The zero-order valence-electron chi connectivity index (χ0n) is 13.7. The van der Waals surface area contributed by atoms with Crippen molar-refractivity contribution in [2.45, 2.75) is 38.5 Å².